The van der Waals surface area contributed by atoms with Gasteiger partial charge in [-0.25, -0.2) is 9.78 Å². The van der Waals surface area contributed by atoms with Crippen molar-refractivity contribution >= 4 is 5.97 Å². The molecule has 0 spiro atoms. The fraction of sp³-hybridized carbons (Fsp3) is 0.636. The molecule has 1 aromatic rings. The number of carbonyl (C=O) groups is 1. The van der Waals surface area contributed by atoms with Gasteiger partial charge in [0.15, 0.2) is 5.69 Å². The number of methoxy groups -OCH3 is 1. The van der Waals surface area contributed by atoms with Crippen molar-refractivity contribution in [2.45, 2.75) is 25.8 Å². The maximum atomic E-state index is 11.1. The number of rotatable bonds is 7. The average Bonchev–Trinajstić information content (AvgIpc) is 2.83. The molecule has 96 valence electrons. The number of hydrogen-bond acceptors (Lipinski definition) is 6. The van der Waals surface area contributed by atoms with Gasteiger partial charge in [-0.1, -0.05) is 13.3 Å². The molecule has 0 radical (unpaired) electrons. The summed E-state index contributed by atoms with van der Waals surface area (Å²) in [6, 6.07) is -0.467. The molecule has 0 bridgehead atoms. The van der Waals surface area contributed by atoms with E-state index in [-0.39, 0.29) is 11.6 Å². The summed E-state index contributed by atoms with van der Waals surface area (Å²) in [5.74, 6) is -0.263. The SMILES string of the molecule is CCCCOCC(N)c1nc(C(=O)OC)co1. The molecule has 1 unspecified atom stereocenters. The highest BCUT2D eigenvalue weighted by Crippen LogP contribution is 2.11. The molecule has 0 saturated heterocycles. The Morgan fingerprint density at radius 1 is 1.65 bits per heavy atom. The molecule has 17 heavy (non-hydrogen) atoms. The van der Waals surface area contributed by atoms with Gasteiger partial charge in [0.05, 0.1) is 13.7 Å². The minimum Gasteiger partial charge on any atom is -0.464 e. The molecular weight excluding hydrogens is 224 g/mol. The van der Waals surface area contributed by atoms with E-state index >= 15 is 0 Å². The number of hydrogen-bond donors (Lipinski definition) is 1. The summed E-state index contributed by atoms with van der Waals surface area (Å²) < 4.78 is 14.9. The third-order valence-corrected chi connectivity index (χ3v) is 2.17. The molecule has 1 heterocycles. The number of esters is 1. The first-order valence-corrected chi connectivity index (χ1v) is 5.56. The molecule has 0 aliphatic heterocycles. The van der Waals surface area contributed by atoms with E-state index in [2.05, 4.69) is 16.6 Å². The van der Waals surface area contributed by atoms with Gasteiger partial charge in [-0.2, -0.15) is 0 Å². The summed E-state index contributed by atoms with van der Waals surface area (Å²) in [5, 5.41) is 0. The fourth-order valence-electron chi connectivity index (χ4n) is 1.18. The third kappa shape index (κ3) is 4.16. The van der Waals surface area contributed by atoms with Crippen LogP contribution in [0.2, 0.25) is 0 Å². The van der Waals surface area contributed by atoms with E-state index in [0.717, 1.165) is 12.8 Å². The molecule has 0 aliphatic carbocycles. The van der Waals surface area contributed by atoms with E-state index in [0.29, 0.717) is 13.2 Å². The predicted octanol–water partition coefficient (Wildman–Crippen LogP) is 1.28. The normalized spacial score (nSPS) is 12.4. The van der Waals surface area contributed by atoms with E-state index in [1.807, 2.05) is 0 Å². The predicted molar refractivity (Wildman–Crippen MR) is 60.5 cm³/mol. The highest BCUT2D eigenvalue weighted by molar-refractivity contribution is 5.86. The van der Waals surface area contributed by atoms with Gasteiger partial charge in [0.1, 0.15) is 12.3 Å². The lowest BCUT2D eigenvalue weighted by molar-refractivity contribution is 0.0593. The van der Waals surface area contributed by atoms with Crippen molar-refractivity contribution in [2.75, 3.05) is 20.3 Å². The summed E-state index contributed by atoms with van der Waals surface area (Å²) in [7, 11) is 1.28. The van der Waals surface area contributed by atoms with Crippen LogP contribution in [-0.2, 0) is 9.47 Å². The lowest BCUT2D eigenvalue weighted by Crippen LogP contribution is -2.18. The smallest absolute Gasteiger partial charge is 0.360 e. The number of nitrogens with two attached hydrogens (primary N) is 1. The first-order valence-electron chi connectivity index (χ1n) is 5.56. The number of carbonyl (C=O) groups excluding carboxylic acids is 1. The Balaban J connectivity index is 2.43. The summed E-state index contributed by atoms with van der Waals surface area (Å²) >= 11 is 0. The van der Waals surface area contributed by atoms with Crippen LogP contribution in [0.3, 0.4) is 0 Å². The Labute approximate surface area is 100 Å². The molecule has 1 aromatic heterocycles. The number of oxazole rings is 1. The second kappa shape index (κ2) is 7.03. The number of nitrogens with zero attached hydrogens (tertiary/aromatic N) is 1. The van der Waals surface area contributed by atoms with Crippen molar-refractivity contribution in [1.82, 2.24) is 4.98 Å². The molecule has 2 N–H and O–H groups in total. The van der Waals surface area contributed by atoms with Crippen LogP contribution in [0, 0.1) is 0 Å². The van der Waals surface area contributed by atoms with Gasteiger partial charge in [-0.05, 0) is 6.42 Å². The lowest BCUT2D eigenvalue weighted by Gasteiger charge is -2.07. The standard InChI is InChI=1S/C11H18N2O4/c1-3-4-5-16-6-8(12)10-13-9(7-17-10)11(14)15-2/h7-8H,3-6,12H2,1-2H3. The molecule has 0 fully saturated rings. The lowest BCUT2D eigenvalue weighted by atomic mass is 10.3. The number of unbranched alkanes of at least 4 members (excludes halogenated alkanes) is 1. The third-order valence-electron chi connectivity index (χ3n) is 2.17. The van der Waals surface area contributed by atoms with Crippen LogP contribution >= 0.6 is 0 Å². The van der Waals surface area contributed by atoms with E-state index in [1.165, 1.54) is 13.4 Å². The van der Waals surface area contributed by atoms with Crippen LogP contribution < -0.4 is 5.73 Å². The van der Waals surface area contributed by atoms with Crippen LogP contribution in [0.25, 0.3) is 0 Å². The van der Waals surface area contributed by atoms with Gasteiger partial charge in [0, 0.05) is 6.61 Å². The van der Waals surface area contributed by atoms with Gasteiger partial charge in [0.2, 0.25) is 5.89 Å². The van der Waals surface area contributed by atoms with Gasteiger partial charge < -0.3 is 19.6 Å². The summed E-state index contributed by atoms with van der Waals surface area (Å²) in [5.41, 5.74) is 5.92. The van der Waals surface area contributed by atoms with Gasteiger partial charge in [-0.3, -0.25) is 0 Å². The summed E-state index contributed by atoms with van der Waals surface area (Å²) in [4.78, 5) is 15.1. The highest BCUT2D eigenvalue weighted by Gasteiger charge is 2.17. The Morgan fingerprint density at radius 2 is 2.41 bits per heavy atom. The largest absolute Gasteiger partial charge is 0.464 e. The van der Waals surface area contributed by atoms with Gasteiger partial charge in [0.25, 0.3) is 0 Å². The molecule has 0 saturated carbocycles. The van der Waals surface area contributed by atoms with E-state index in [1.54, 1.807) is 0 Å². The van der Waals surface area contributed by atoms with E-state index in [9.17, 15) is 4.79 Å². The maximum Gasteiger partial charge on any atom is 0.360 e. The van der Waals surface area contributed by atoms with Crippen molar-refractivity contribution in [3.8, 4) is 0 Å². The van der Waals surface area contributed by atoms with Crippen molar-refractivity contribution in [2.24, 2.45) is 5.73 Å². The van der Waals surface area contributed by atoms with E-state index in [4.69, 9.17) is 14.9 Å². The molecule has 0 aromatic carbocycles. The zero-order valence-electron chi connectivity index (χ0n) is 10.1. The number of ether oxygens (including phenoxy) is 2. The van der Waals surface area contributed by atoms with Crippen molar-refractivity contribution in [3.05, 3.63) is 17.8 Å². The average molecular weight is 242 g/mol. The fourth-order valence-corrected chi connectivity index (χ4v) is 1.18. The van der Waals surface area contributed by atoms with Crippen LogP contribution in [-0.4, -0.2) is 31.3 Å². The minimum absolute atomic E-state index is 0.117. The van der Waals surface area contributed by atoms with Crippen LogP contribution in [0.15, 0.2) is 10.7 Å². The van der Waals surface area contributed by atoms with Gasteiger partial charge in [-0.15, -0.1) is 0 Å². The maximum absolute atomic E-state index is 11.1. The first kappa shape index (κ1) is 13.7. The second-order valence-electron chi connectivity index (χ2n) is 3.60. The second-order valence-corrected chi connectivity index (χ2v) is 3.60. The van der Waals surface area contributed by atoms with Crippen molar-refractivity contribution < 1.29 is 18.7 Å². The Kier molecular flexibility index (Phi) is 5.65. The Morgan fingerprint density at radius 3 is 3.06 bits per heavy atom. The van der Waals surface area contributed by atoms with Crippen LogP contribution in [0.4, 0.5) is 0 Å². The van der Waals surface area contributed by atoms with Crippen LogP contribution in [0.1, 0.15) is 42.2 Å². The zero-order chi connectivity index (χ0) is 12.7. The minimum atomic E-state index is -0.542. The van der Waals surface area contributed by atoms with E-state index < -0.39 is 12.0 Å². The first-order chi connectivity index (χ1) is 8.19. The van der Waals surface area contributed by atoms with Gasteiger partial charge >= 0.3 is 5.97 Å². The van der Waals surface area contributed by atoms with Crippen LogP contribution in [0.5, 0.6) is 0 Å². The zero-order valence-corrected chi connectivity index (χ0v) is 10.1. The van der Waals surface area contributed by atoms with Crippen molar-refractivity contribution in [3.63, 3.8) is 0 Å². The molecule has 1 atom stereocenters. The molecular formula is C11H18N2O4. The Bertz CT molecular complexity index is 351. The highest BCUT2D eigenvalue weighted by atomic mass is 16.5. The molecule has 0 aliphatic rings. The summed E-state index contributed by atoms with van der Waals surface area (Å²) in [6.45, 7) is 3.07. The summed E-state index contributed by atoms with van der Waals surface area (Å²) in [6.07, 6.45) is 3.29. The molecule has 0 amide bonds. The monoisotopic (exact) mass is 242 g/mol. The molecule has 6 heteroatoms. The molecule has 1 rings (SSSR count). The quantitative estimate of drug-likeness (QED) is 0.572. The van der Waals surface area contributed by atoms with Crippen molar-refractivity contribution in [1.29, 1.82) is 0 Å². The molecule has 6 nitrogen and oxygen atoms in total. The topological polar surface area (TPSA) is 87.6 Å². The Hall–Kier alpha value is -1.40. The number of aromatic nitrogens is 1.